The number of rotatable bonds is 3. The van der Waals surface area contributed by atoms with Gasteiger partial charge in [0.25, 0.3) is 5.92 Å². The van der Waals surface area contributed by atoms with Gasteiger partial charge < -0.3 is 0 Å². The molecule has 1 unspecified atom stereocenters. The van der Waals surface area contributed by atoms with Gasteiger partial charge in [0, 0.05) is 11.8 Å². The molecule has 0 aromatic rings. The van der Waals surface area contributed by atoms with Gasteiger partial charge in [-0.2, -0.15) is 0 Å². The van der Waals surface area contributed by atoms with Crippen LogP contribution >= 0.6 is 0 Å². The standard InChI is InChI=1S/C4H6F3N3/c1-4(6,7)3(5)2-9-10-8/h3H,2H2,1H3. The molecule has 6 heteroatoms. The van der Waals surface area contributed by atoms with Gasteiger partial charge in [-0.05, 0) is 5.53 Å². The normalized spacial score (nSPS) is 14.0. The molecular formula is C4H6F3N3. The van der Waals surface area contributed by atoms with E-state index in [1.807, 2.05) is 0 Å². The lowest BCUT2D eigenvalue weighted by molar-refractivity contribution is -0.0505. The molecule has 58 valence electrons. The summed E-state index contributed by atoms with van der Waals surface area (Å²) in [5.74, 6) is -3.42. The fourth-order valence-corrected chi connectivity index (χ4v) is 0.268. The van der Waals surface area contributed by atoms with Crippen LogP contribution in [0, 0.1) is 0 Å². The molecule has 0 N–H and O–H groups in total. The van der Waals surface area contributed by atoms with Gasteiger partial charge in [0.2, 0.25) is 0 Å². The molecule has 0 heterocycles. The van der Waals surface area contributed by atoms with Crippen molar-refractivity contribution in [2.24, 2.45) is 5.11 Å². The molecule has 0 aliphatic carbocycles. The van der Waals surface area contributed by atoms with E-state index in [1.165, 1.54) is 0 Å². The Balaban J connectivity index is 3.84. The number of alkyl halides is 3. The molecule has 3 nitrogen and oxygen atoms in total. The van der Waals surface area contributed by atoms with Crippen LogP contribution in [0.5, 0.6) is 0 Å². The van der Waals surface area contributed by atoms with Gasteiger partial charge in [0.05, 0.1) is 6.54 Å². The van der Waals surface area contributed by atoms with Gasteiger partial charge in [-0.1, -0.05) is 5.11 Å². The summed E-state index contributed by atoms with van der Waals surface area (Å²) in [6.45, 7) is -0.384. The number of halogens is 3. The molecule has 0 saturated carbocycles. The van der Waals surface area contributed by atoms with E-state index in [0.717, 1.165) is 0 Å². The van der Waals surface area contributed by atoms with Gasteiger partial charge in [-0.25, -0.2) is 13.2 Å². The summed E-state index contributed by atoms with van der Waals surface area (Å²) < 4.78 is 35.8. The van der Waals surface area contributed by atoms with Crippen molar-refractivity contribution in [1.82, 2.24) is 0 Å². The molecule has 0 aromatic carbocycles. The Morgan fingerprint density at radius 3 is 2.50 bits per heavy atom. The van der Waals surface area contributed by atoms with Crippen LogP contribution in [0.2, 0.25) is 0 Å². The minimum absolute atomic E-state index is 0.435. The highest BCUT2D eigenvalue weighted by molar-refractivity contribution is 4.73. The summed E-state index contributed by atoms with van der Waals surface area (Å²) in [7, 11) is 0. The predicted molar refractivity (Wildman–Crippen MR) is 29.5 cm³/mol. The van der Waals surface area contributed by atoms with Crippen molar-refractivity contribution in [3.05, 3.63) is 10.4 Å². The predicted octanol–water partition coefficient (Wildman–Crippen LogP) is 2.29. The quantitative estimate of drug-likeness (QED) is 0.339. The molecule has 0 aromatic heterocycles. The number of hydrogen-bond donors (Lipinski definition) is 0. The maximum absolute atomic E-state index is 12.1. The molecule has 10 heavy (non-hydrogen) atoms. The fraction of sp³-hybridized carbons (Fsp3) is 1.00. The molecule has 0 aliphatic heterocycles. The first-order chi connectivity index (χ1) is 4.48. The number of nitrogens with zero attached hydrogens (tertiary/aromatic N) is 3. The smallest absolute Gasteiger partial charge is 0.241 e. The Hall–Kier alpha value is -0.900. The van der Waals surface area contributed by atoms with E-state index in [4.69, 9.17) is 5.53 Å². The van der Waals surface area contributed by atoms with E-state index in [9.17, 15) is 13.2 Å². The third kappa shape index (κ3) is 3.19. The first-order valence-electron chi connectivity index (χ1n) is 2.51. The molecule has 0 rings (SSSR count). The average Bonchev–Trinajstić information content (AvgIpc) is 1.80. The van der Waals surface area contributed by atoms with Crippen LogP contribution in [0.15, 0.2) is 5.11 Å². The Morgan fingerprint density at radius 1 is 1.70 bits per heavy atom. The molecule has 0 saturated heterocycles. The lowest BCUT2D eigenvalue weighted by atomic mass is 10.2. The Morgan fingerprint density at radius 2 is 2.20 bits per heavy atom. The van der Waals surface area contributed by atoms with E-state index in [2.05, 4.69) is 10.0 Å². The highest BCUT2D eigenvalue weighted by Gasteiger charge is 2.33. The van der Waals surface area contributed by atoms with E-state index in [1.54, 1.807) is 0 Å². The highest BCUT2D eigenvalue weighted by atomic mass is 19.3. The van der Waals surface area contributed by atoms with Crippen molar-refractivity contribution in [3.8, 4) is 0 Å². The topological polar surface area (TPSA) is 48.8 Å². The zero-order valence-electron chi connectivity index (χ0n) is 5.26. The number of hydrogen-bond acceptors (Lipinski definition) is 1. The van der Waals surface area contributed by atoms with Crippen molar-refractivity contribution in [1.29, 1.82) is 0 Å². The van der Waals surface area contributed by atoms with Gasteiger partial charge in [-0.15, -0.1) is 0 Å². The van der Waals surface area contributed by atoms with Crippen LogP contribution in [0.3, 0.4) is 0 Å². The van der Waals surface area contributed by atoms with Crippen molar-refractivity contribution >= 4 is 0 Å². The van der Waals surface area contributed by atoms with Gasteiger partial charge in [-0.3, -0.25) is 0 Å². The largest absolute Gasteiger partial charge is 0.276 e. The van der Waals surface area contributed by atoms with Crippen molar-refractivity contribution in [2.45, 2.75) is 19.0 Å². The van der Waals surface area contributed by atoms with Crippen molar-refractivity contribution < 1.29 is 13.2 Å². The molecule has 0 bridgehead atoms. The third-order valence-corrected chi connectivity index (χ3v) is 0.855. The maximum Gasteiger partial charge on any atom is 0.276 e. The van der Waals surface area contributed by atoms with E-state index >= 15 is 0 Å². The molecule has 1 atom stereocenters. The fourth-order valence-electron chi connectivity index (χ4n) is 0.268. The molecule has 0 fully saturated rings. The lowest BCUT2D eigenvalue weighted by Crippen LogP contribution is -2.28. The summed E-state index contributed by atoms with van der Waals surface area (Å²) >= 11 is 0. The van der Waals surface area contributed by atoms with Crippen LogP contribution in [-0.2, 0) is 0 Å². The summed E-state index contributed by atoms with van der Waals surface area (Å²) in [6.07, 6.45) is -2.39. The molecular weight excluding hydrogens is 147 g/mol. The Bertz CT molecular complexity index is 146. The monoisotopic (exact) mass is 153 g/mol. The second kappa shape index (κ2) is 3.31. The van der Waals surface area contributed by atoms with E-state index in [-0.39, 0.29) is 0 Å². The first kappa shape index (κ1) is 9.10. The number of azide groups is 1. The zero-order chi connectivity index (χ0) is 8.20. The van der Waals surface area contributed by atoms with Gasteiger partial charge in [0.1, 0.15) is 0 Å². The zero-order valence-corrected chi connectivity index (χ0v) is 5.26. The van der Waals surface area contributed by atoms with E-state index < -0.39 is 18.6 Å². The van der Waals surface area contributed by atoms with Crippen LogP contribution in [0.25, 0.3) is 10.4 Å². The van der Waals surface area contributed by atoms with Crippen LogP contribution in [0.4, 0.5) is 13.2 Å². The summed E-state index contributed by atoms with van der Waals surface area (Å²) in [6, 6.07) is 0. The first-order valence-corrected chi connectivity index (χ1v) is 2.51. The average molecular weight is 153 g/mol. The van der Waals surface area contributed by atoms with Crippen molar-refractivity contribution in [3.63, 3.8) is 0 Å². The minimum Gasteiger partial charge on any atom is -0.241 e. The second-order valence-corrected chi connectivity index (χ2v) is 1.84. The molecule has 0 amide bonds. The van der Waals surface area contributed by atoms with E-state index in [0.29, 0.717) is 6.92 Å². The Labute approximate surface area is 55.5 Å². The molecule has 0 spiro atoms. The lowest BCUT2D eigenvalue weighted by Gasteiger charge is -2.12. The van der Waals surface area contributed by atoms with Crippen LogP contribution in [0.1, 0.15) is 6.92 Å². The maximum atomic E-state index is 12.1. The minimum atomic E-state index is -3.42. The Kier molecular flexibility index (Phi) is 3.02. The SMILES string of the molecule is CC(F)(F)C(F)CN=[N+]=[N-]. The molecule has 0 aliphatic rings. The third-order valence-electron chi connectivity index (χ3n) is 0.855. The second-order valence-electron chi connectivity index (χ2n) is 1.84. The molecule has 0 radical (unpaired) electrons. The highest BCUT2D eigenvalue weighted by Crippen LogP contribution is 2.20. The summed E-state index contributed by atoms with van der Waals surface area (Å²) in [4.78, 5) is 2.14. The summed E-state index contributed by atoms with van der Waals surface area (Å²) in [5, 5.41) is 2.66. The van der Waals surface area contributed by atoms with Crippen molar-refractivity contribution in [2.75, 3.05) is 6.54 Å². The van der Waals surface area contributed by atoms with Crippen LogP contribution in [-0.4, -0.2) is 18.6 Å². The van der Waals surface area contributed by atoms with Crippen LogP contribution < -0.4 is 0 Å². The summed E-state index contributed by atoms with van der Waals surface area (Å²) in [5.41, 5.74) is 7.63. The van der Waals surface area contributed by atoms with Gasteiger partial charge >= 0.3 is 0 Å². The van der Waals surface area contributed by atoms with Gasteiger partial charge in [0.15, 0.2) is 6.17 Å².